The molecule has 3 heterocycles. The Morgan fingerprint density at radius 2 is 1.97 bits per heavy atom. The molecule has 0 N–H and O–H groups in total. The molecule has 0 saturated carbocycles. The number of ether oxygens (including phenoxy) is 1. The number of hydrazine groups is 1. The van der Waals surface area contributed by atoms with Gasteiger partial charge < -0.3 is 9.30 Å². The van der Waals surface area contributed by atoms with Crippen LogP contribution in [0, 0.1) is 12.7 Å². The average Bonchev–Trinajstić information content (AvgIpc) is 3.26. The maximum Gasteiger partial charge on any atom is 0.145 e. The molecule has 0 spiro atoms. The van der Waals surface area contributed by atoms with Gasteiger partial charge in [0.15, 0.2) is 0 Å². The lowest BCUT2D eigenvalue weighted by Crippen LogP contribution is -2.57. The Kier molecular flexibility index (Phi) is 5.62. The number of aromatic nitrogens is 2. The first-order valence-corrected chi connectivity index (χ1v) is 11.3. The highest BCUT2D eigenvalue weighted by Gasteiger charge is 2.33. The number of aliphatic imine (C=N–C) groups is 1. The number of nitrogens with zero attached hydrogens (tertiary/aromatic N) is 5. The Hall–Kier alpha value is -3.61. The van der Waals surface area contributed by atoms with Gasteiger partial charge in [-0.25, -0.2) is 9.37 Å². The molecule has 170 valence electrons. The number of amidine groups is 1. The van der Waals surface area contributed by atoms with Gasteiger partial charge in [0.05, 0.1) is 43.1 Å². The molecule has 2 aromatic carbocycles. The normalized spacial score (nSPS) is 19.5. The van der Waals surface area contributed by atoms with Gasteiger partial charge in [-0.15, -0.1) is 0 Å². The monoisotopic (exact) mass is 445 g/mol. The van der Waals surface area contributed by atoms with Crippen LogP contribution in [0.3, 0.4) is 0 Å². The highest BCUT2D eigenvalue weighted by Crippen LogP contribution is 2.32. The molecule has 0 radical (unpaired) electrons. The van der Waals surface area contributed by atoms with Crippen molar-refractivity contribution >= 4 is 17.6 Å². The highest BCUT2D eigenvalue weighted by molar-refractivity contribution is 6.04. The zero-order valence-corrected chi connectivity index (χ0v) is 19.2. The standard InChI is InChI=1S/C26H28FN5O/c1-18-16-30(17-29-18)24-11-6-20(14-25(24)33-3)13-21-5-4-12-31-26(21)28-15-19(2)32(31)23-9-7-22(27)8-10-23/h6-11,13-14,16-17,19H,4-5,12,15H2,1-3H3. The Bertz CT molecular complexity index is 1210. The number of rotatable bonds is 4. The van der Waals surface area contributed by atoms with Gasteiger partial charge in [-0.05, 0) is 80.3 Å². The molecule has 1 fully saturated rings. The van der Waals surface area contributed by atoms with Crippen molar-refractivity contribution in [1.29, 1.82) is 0 Å². The van der Waals surface area contributed by atoms with Gasteiger partial charge in [0.1, 0.15) is 17.4 Å². The van der Waals surface area contributed by atoms with E-state index in [4.69, 9.17) is 9.73 Å². The van der Waals surface area contributed by atoms with E-state index in [1.807, 2.05) is 29.8 Å². The number of fused-ring (bicyclic) bond motifs is 1. The summed E-state index contributed by atoms with van der Waals surface area (Å²) < 4.78 is 21.2. The lowest BCUT2D eigenvalue weighted by molar-refractivity contribution is 0.312. The molecule has 0 amide bonds. The molecule has 0 bridgehead atoms. The van der Waals surface area contributed by atoms with Crippen LogP contribution < -0.4 is 9.75 Å². The largest absolute Gasteiger partial charge is 0.495 e. The van der Waals surface area contributed by atoms with Crippen molar-refractivity contribution in [3.63, 3.8) is 0 Å². The summed E-state index contributed by atoms with van der Waals surface area (Å²) >= 11 is 0. The first-order chi connectivity index (χ1) is 16.0. The maximum atomic E-state index is 13.5. The zero-order valence-electron chi connectivity index (χ0n) is 19.2. The van der Waals surface area contributed by atoms with Crippen molar-refractivity contribution in [2.24, 2.45) is 4.99 Å². The van der Waals surface area contributed by atoms with Gasteiger partial charge in [0, 0.05) is 12.7 Å². The number of hydrogen-bond acceptors (Lipinski definition) is 5. The summed E-state index contributed by atoms with van der Waals surface area (Å²) in [5.74, 6) is 1.57. The Labute approximate surface area is 193 Å². The maximum absolute atomic E-state index is 13.5. The van der Waals surface area contributed by atoms with E-state index in [0.717, 1.165) is 53.6 Å². The molecular formula is C26H28FN5O. The van der Waals surface area contributed by atoms with Crippen molar-refractivity contribution in [3.05, 3.63) is 77.6 Å². The topological polar surface area (TPSA) is 45.9 Å². The Balaban J connectivity index is 1.47. The van der Waals surface area contributed by atoms with Gasteiger partial charge in [0.2, 0.25) is 0 Å². The third kappa shape index (κ3) is 4.11. The predicted molar refractivity (Wildman–Crippen MR) is 129 cm³/mol. The van der Waals surface area contributed by atoms with Crippen LogP contribution in [0.25, 0.3) is 11.8 Å². The van der Waals surface area contributed by atoms with E-state index in [1.54, 1.807) is 13.4 Å². The summed E-state index contributed by atoms with van der Waals surface area (Å²) in [5, 5.41) is 4.50. The number of hydrogen-bond donors (Lipinski definition) is 0. The summed E-state index contributed by atoms with van der Waals surface area (Å²) in [4.78, 5) is 9.25. The van der Waals surface area contributed by atoms with Crippen LogP contribution in [-0.4, -0.2) is 46.6 Å². The van der Waals surface area contributed by atoms with E-state index in [9.17, 15) is 4.39 Å². The van der Waals surface area contributed by atoms with E-state index in [0.29, 0.717) is 6.54 Å². The van der Waals surface area contributed by atoms with Gasteiger partial charge in [0.25, 0.3) is 0 Å². The van der Waals surface area contributed by atoms with Crippen LogP contribution in [0.2, 0.25) is 0 Å². The van der Waals surface area contributed by atoms with Gasteiger partial charge in [-0.3, -0.25) is 15.0 Å². The second-order valence-corrected chi connectivity index (χ2v) is 8.58. The predicted octanol–water partition coefficient (Wildman–Crippen LogP) is 5.03. The van der Waals surface area contributed by atoms with Crippen molar-refractivity contribution < 1.29 is 9.13 Å². The summed E-state index contributed by atoms with van der Waals surface area (Å²) in [6, 6.07) is 13.1. The van der Waals surface area contributed by atoms with E-state index >= 15 is 0 Å². The molecule has 33 heavy (non-hydrogen) atoms. The van der Waals surface area contributed by atoms with Crippen molar-refractivity contribution in [2.45, 2.75) is 32.7 Å². The third-order valence-corrected chi connectivity index (χ3v) is 6.16. The number of imidazole rings is 1. The van der Waals surface area contributed by atoms with Gasteiger partial charge in [-0.2, -0.15) is 0 Å². The van der Waals surface area contributed by atoms with E-state index in [2.05, 4.69) is 46.2 Å². The van der Waals surface area contributed by atoms with Gasteiger partial charge in [-0.1, -0.05) is 6.07 Å². The molecule has 7 heteroatoms. The van der Waals surface area contributed by atoms with Crippen LogP contribution in [0.4, 0.5) is 10.1 Å². The number of halogens is 1. The van der Waals surface area contributed by atoms with Crippen LogP contribution in [0.1, 0.15) is 31.0 Å². The molecule has 1 aromatic heterocycles. The van der Waals surface area contributed by atoms with Gasteiger partial charge >= 0.3 is 0 Å². The lowest BCUT2D eigenvalue weighted by Gasteiger charge is -2.47. The minimum absolute atomic E-state index is 0.205. The summed E-state index contributed by atoms with van der Waals surface area (Å²) in [7, 11) is 1.69. The molecule has 2 aliphatic rings. The number of anilines is 1. The van der Waals surface area contributed by atoms with Crippen LogP contribution >= 0.6 is 0 Å². The molecule has 2 aliphatic heterocycles. The molecular weight excluding hydrogens is 417 g/mol. The van der Waals surface area contributed by atoms with E-state index < -0.39 is 0 Å². The van der Waals surface area contributed by atoms with Crippen molar-refractivity contribution in [2.75, 3.05) is 25.2 Å². The molecule has 5 rings (SSSR count). The zero-order chi connectivity index (χ0) is 22.9. The molecule has 1 atom stereocenters. The molecule has 3 aromatic rings. The fourth-order valence-corrected chi connectivity index (χ4v) is 4.61. The minimum Gasteiger partial charge on any atom is -0.495 e. The number of benzene rings is 2. The second-order valence-electron chi connectivity index (χ2n) is 8.58. The fraction of sp³-hybridized carbons (Fsp3) is 0.308. The van der Waals surface area contributed by atoms with Crippen molar-refractivity contribution in [1.82, 2.24) is 14.6 Å². The quantitative estimate of drug-likeness (QED) is 0.565. The number of aryl methyl sites for hydroxylation is 1. The van der Waals surface area contributed by atoms with E-state index in [1.165, 1.54) is 17.7 Å². The third-order valence-electron chi connectivity index (χ3n) is 6.16. The molecule has 6 nitrogen and oxygen atoms in total. The Morgan fingerprint density at radius 3 is 2.70 bits per heavy atom. The average molecular weight is 446 g/mol. The highest BCUT2D eigenvalue weighted by atomic mass is 19.1. The fourth-order valence-electron chi connectivity index (χ4n) is 4.61. The molecule has 1 saturated heterocycles. The summed E-state index contributed by atoms with van der Waals surface area (Å²) in [6.45, 7) is 5.71. The second kappa shape index (κ2) is 8.73. The number of piperidine rings is 1. The Morgan fingerprint density at radius 1 is 1.15 bits per heavy atom. The summed E-state index contributed by atoms with van der Waals surface area (Å²) in [6.07, 6.45) is 7.98. The van der Waals surface area contributed by atoms with Crippen molar-refractivity contribution in [3.8, 4) is 11.4 Å². The van der Waals surface area contributed by atoms with E-state index in [-0.39, 0.29) is 11.9 Å². The SMILES string of the molecule is COc1cc(C=C2CCCN3C2=NCC(C)N3c2ccc(F)cc2)ccc1-n1cnc(C)c1. The van der Waals surface area contributed by atoms with Crippen LogP contribution in [-0.2, 0) is 0 Å². The van der Waals surface area contributed by atoms with Crippen LogP contribution in [0.5, 0.6) is 5.75 Å². The molecule has 1 unspecified atom stereocenters. The first-order valence-electron chi connectivity index (χ1n) is 11.3. The summed E-state index contributed by atoms with van der Waals surface area (Å²) in [5.41, 5.74) is 5.17. The lowest BCUT2D eigenvalue weighted by atomic mass is 9.99. The molecule has 0 aliphatic carbocycles. The van der Waals surface area contributed by atoms with Crippen LogP contribution in [0.15, 0.2) is 65.6 Å². The smallest absolute Gasteiger partial charge is 0.145 e. The first kappa shape index (κ1) is 21.2. The minimum atomic E-state index is -0.222. The number of methoxy groups -OCH3 is 1.